The van der Waals surface area contributed by atoms with Gasteiger partial charge in [0.25, 0.3) is 0 Å². The van der Waals surface area contributed by atoms with Gasteiger partial charge in [-0.2, -0.15) is 5.06 Å². The molecule has 1 heterocycles. The van der Waals surface area contributed by atoms with Crippen LogP contribution in [0.4, 0.5) is 0 Å². The SMILES string of the molecule is C[C@]1(CCCO)CC[C@@](C)(CCCO)N1O. The first kappa shape index (κ1) is 13.9. The molecule has 4 heteroatoms. The molecule has 16 heavy (non-hydrogen) atoms. The molecule has 0 aromatic carbocycles. The second-order valence-corrected chi connectivity index (χ2v) is 5.46. The van der Waals surface area contributed by atoms with Crippen LogP contribution in [0.15, 0.2) is 0 Å². The lowest BCUT2D eigenvalue weighted by atomic mass is 9.92. The first-order valence-electron chi connectivity index (χ1n) is 6.19. The standard InChI is InChI=1S/C12H25NO3/c1-11(5-3-9-14)7-8-12(2,13(11)16)6-4-10-15/h14-16H,3-10H2,1-2H3/t11-,12+. The molecule has 0 aromatic rings. The Kier molecular flexibility index (Phi) is 4.73. The number of aliphatic hydroxyl groups excluding tert-OH is 2. The van der Waals surface area contributed by atoms with Gasteiger partial charge in [0, 0.05) is 24.3 Å². The maximum absolute atomic E-state index is 10.3. The van der Waals surface area contributed by atoms with Crippen LogP contribution in [0.25, 0.3) is 0 Å². The molecule has 1 rings (SSSR count). The lowest BCUT2D eigenvalue weighted by Crippen LogP contribution is -2.49. The van der Waals surface area contributed by atoms with Crippen molar-refractivity contribution in [2.45, 2.75) is 63.5 Å². The molecule has 1 aliphatic rings. The predicted octanol–water partition coefficient (Wildman–Crippen LogP) is 1.53. The minimum absolute atomic E-state index is 0.177. The van der Waals surface area contributed by atoms with Gasteiger partial charge < -0.3 is 15.4 Å². The maximum atomic E-state index is 10.3. The molecule has 0 amide bonds. The van der Waals surface area contributed by atoms with E-state index in [9.17, 15) is 5.21 Å². The Hall–Kier alpha value is -0.160. The van der Waals surface area contributed by atoms with Gasteiger partial charge >= 0.3 is 0 Å². The lowest BCUT2D eigenvalue weighted by molar-refractivity contribution is -0.207. The van der Waals surface area contributed by atoms with Crippen molar-refractivity contribution in [1.82, 2.24) is 5.06 Å². The summed E-state index contributed by atoms with van der Waals surface area (Å²) in [7, 11) is 0. The third kappa shape index (κ3) is 2.74. The van der Waals surface area contributed by atoms with E-state index in [1.54, 1.807) is 0 Å². The Morgan fingerprint density at radius 1 is 0.938 bits per heavy atom. The molecule has 0 bridgehead atoms. The zero-order valence-electron chi connectivity index (χ0n) is 10.4. The van der Waals surface area contributed by atoms with Crippen molar-refractivity contribution in [3.63, 3.8) is 0 Å². The Morgan fingerprint density at radius 3 is 1.62 bits per heavy atom. The summed E-state index contributed by atoms with van der Waals surface area (Å²) in [6.07, 6.45) is 4.98. The summed E-state index contributed by atoms with van der Waals surface area (Å²) in [5, 5.41) is 29.5. The molecule has 1 aliphatic heterocycles. The van der Waals surface area contributed by atoms with E-state index in [1.165, 1.54) is 5.06 Å². The van der Waals surface area contributed by atoms with E-state index in [2.05, 4.69) is 0 Å². The van der Waals surface area contributed by atoms with Crippen LogP contribution in [0.5, 0.6) is 0 Å². The highest BCUT2D eigenvalue weighted by molar-refractivity contribution is 5.00. The van der Waals surface area contributed by atoms with Gasteiger partial charge in [-0.1, -0.05) is 0 Å². The number of aliphatic hydroxyl groups is 2. The minimum Gasteiger partial charge on any atom is -0.396 e. The van der Waals surface area contributed by atoms with Crippen molar-refractivity contribution in [1.29, 1.82) is 0 Å². The molecule has 0 aromatic heterocycles. The molecule has 4 nitrogen and oxygen atoms in total. The van der Waals surface area contributed by atoms with Crippen molar-refractivity contribution in [3.8, 4) is 0 Å². The van der Waals surface area contributed by atoms with Crippen LogP contribution in [0, 0.1) is 0 Å². The van der Waals surface area contributed by atoms with E-state index in [1.807, 2.05) is 13.8 Å². The van der Waals surface area contributed by atoms with Gasteiger partial charge in [-0.3, -0.25) is 0 Å². The Balaban J connectivity index is 2.60. The Labute approximate surface area is 97.8 Å². The average Bonchev–Trinajstić information content (AvgIpc) is 2.51. The van der Waals surface area contributed by atoms with Gasteiger partial charge in [0.05, 0.1) is 0 Å². The zero-order valence-corrected chi connectivity index (χ0v) is 10.4. The maximum Gasteiger partial charge on any atom is 0.0440 e. The van der Waals surface area contributed by atoms with E-state index in [0.29, 0.717) is 0 Å². The molecular formula is C12H25NO3. The van der Waals surface area contributed by atoms with Crippen LogP contribution in [-0.2, 0) is 0 Å². The van der Waals surface area contributed by atoms with Crippen molar-refractivity contribution in [3.05, 3.63) is 0 Å². The van der Waals surface area contributed by atoms with E-state index in [4.69, 9.17) is 10.2 Å². The number of rotatable bonds is 6. The van der Waals surface area contributed by atoms with Gasteiger partial charge in [0.1, 0.15) is 0 Å². The van der Waals surface area contributed by atoms with Crippen LogP contribution >= 0.6 is 0 Å². The Bertz CT molecular complexity index is 202. The topological polar surface area (TPSA) is 63.9 Å². The van der Waals surface area contributed by atoms with Crippen molar-refractivity contribution in [2.75, 3.05) is 13.2 Å². The molecule has 0 unspecified atom stereocenters. The number of hydroxylamine groups is 2. The van der Waals surface area contributed by atoms with Gasteiger partial charge in [-0.25, -0.2) is 0 Å². The first-order valence-corrected chi connectivity index (χ1v) is 6.19. The molecular weight excluding hydrogens is 206 g/mol. The van der Waals surface area contributed by atoms with Crippen LogP contribution in [0.3, 0.4) is 0 Å². The van der Waals surface area contributed by atoms with Crippen LogP contribution < -0.4 is 0 Å². The number of hydrogen-bond donors (Lipinski definition) is 3. The van der Waals surface area contributed by atoms with E-state index in [-0.39, 0.29) is 24.3 Å². The summed E-state index contributed by atoms with van der Waals surface area (Å²) >= 11 is 0. The molecule has 1 saturated heterocycles. The monoisotopic (exact) mass is 231 g/mol. The number of nitrogens with zero attached hydrogens (tertiary/aromatic N) is 1. The highest BCUT2D eigenvalue weighted by Crippen LogP contribution is 2.44. The highest BCUT2D eigenvalue weighted by Gasteiger charge is 2.48. The fraction of sp³-hybridized carbons (Fsp3) is 1.00. The molecule has 2 atom stereocenters. The highest BCUT2D eigenvalue weighted by atomic mass is 16.5. The first-order chi connectivity index (χ1) is 7.48. The average molecular weight is 231 g/mol. The number of hydrogen-bond acceptors (Lipinski definition) is 4. The van der Waals surface area contributed by atoms with Crippen LogP contribution in [0.2, 0.25) is 0 Å². The van der Waals surface area contributed by atoms with Gasteiger partial charge in [-0.15, -0.1) is 0 Å². The van der Waals surface area contributed by atoms with Crippen molar-refractivity contribution < 1.29 is 15.4 Å². The third-order valence-corrected chi connectivity index (χ3v) is 3.97. The van der Waals surface area contributed by atoms with E-state index in [0.717, 1.165) is 38.5 Å². The summed E-state index contributed by atoms with van der Waals surface area (Å²) in [5.41, 5.74) is -0.431. The summed E-state index contributed by atoms with van der Waals surface area (Å²) in [6, 6.07) is 0. The van der Waals surface area contributed by atoms with E-state index < -0.39 is 0 Å². The molecule has 0 saturated carbocycles. The summed E-state index contributed by atoms with van der Waals surface area (Å²) in [4.78, 5) is 0. The smallest absolute Gasteiger partial charge is 0.0440 e. The van der Waals surface area contributed by atoms with Gasteiger partial charge in [0.2, 0.25) is 0 Å². The van der Waals surface area contributed by atoms with Crippen LogP contribution in [0.1, 0.15) is 52.4 Å². The van der Waals surface area contributed by atoms with Crippen molar-refractivity contribution >= 4 is 0 Å². The molecule has 1 fully saturated rings. The molecule has 0 radical (unpaired) electrons. The lowest BCUT2D eigenvalue weighted by Gasteiger charge is -2.39. The second-order valence-electron chi connectivity index (χ2n) is 5.46. The normalized spacial score (nSPS) is 35.8. The third-order valence-electron chi connectivity index (χ3n) is 3.97. The Morgan fingerprint density at radius 2 is 1.31 bits per heavy atom. The molecule has 96 valence electrons. The minimum atomic E-state index is -0.215. The van der Waals surface area contributed by atoms with Crippen LogP contribution in [-0.4, -0.2) is 44.8 Å². The fourth-order valence-electron chi connectivity index (χ4n) is 2.78. The quantitative estimate of drug-likeness (QED) is 0.649. The van der Waals surface area contributed by atoms with Gasteiger partial charge in [0.15, 0.2) is 0 Å². The van der Waals surface area contributed by atoms with E-state index >= 15 is 0 Å². The summed E-state index contributed by atoms with van der Waals surface area (Å²) in [6.45, 7) is 4.45. The summed E-state index contributed by atoms with van der Waals surface area (Å²) in [5.74, 6) is 0. The molecule has 0 aliphatic carbocycles. The second kappa shape index (κ2) is 5.45. The fourth-order valence-corrected chi connectivity index (χ4v) is 2.78. The van der Waals surface area contributed by atoms with Crippen molar-refractivity contribution in [2.24, 2.45) is 0 Å². The largest absolute Gasteiger partial charge is 0.396 e. The predicted molar refractivity (Wildman–Crippen MR) is 62.3 cm³/mol. The zero-order chi connectivity index (χ0) is 12.2. The van der Waals surface area contributed by atoms with Gasteiger partial charge in [-0.05, 0) is 52.4 Å². The summed E-state index contributed by atoms with van der Waals surface area (Å²) < 4.78 is 0. The molecule has 3 N–H and O–H groups in total. The molecule has 0 spiro atoms.